The number of hydrogen-bond acceptors (Lipinski definition) is 3. The van der Waals surface area contributed by atoms with Crippen molar-refractivity contribution in [1.82, 2.24) is 15.2 Å². The van der Waals surface area contributed by atoms with Gasteiger partial charge < -0.3 is 10.2 Å². The number of halogens is 3. The zero-order chi connectivity index (χ0) is 14.3. The molecule has 0 aliphatic rings. The van der Waals surface area contributed by atoms with Crippen molar-refractivity contribution in [3.05, 3.63) is 29.6 Å². The zero-order valence-corrected chi connectivity index (χ0v) is 11.3. The molecule has 1 heterocycles. The second-order valence-corrected chi connectivity index (χ2v) is 4.50. The number of rotatable bonds is 7. The maximum absolute atomic E-state index is 12.1. The van der Waals surface area contributed by atoms with Crippen molar-refractivity contribution in [2.45, 2.75) is 32.6 Å². The second kappa shape index (κ2) is 7.45. The summed E-state index contributed by atoms with van der Waals surface area (Å²) in [4.78, 5) is 6.04. The lowest BCUT2D eigenvalue weighted by atomic mass is 10.2. The highest BCUT2D eigenvalue weighted by Crippen LogP contribution is 2.19. The lowest BCUT2D eigenvalue weighted by molar-refractivity contribution is -0.137. The van der Waals surface area contributed by atoms with Gasteiger partial charge in [-0.15, -0.1) is 0 Å². The lowest BCUT2D eigenvalue weighted by Gasteiger charge is -2.17. The molecule has 0 unspecified atom stereocenters. The van der Waals surface area contributed by atoms with Crippen molar-refractivity contribution >= 4 is 0 Å². The van der Waals surface area contributed by atoms with Gasteiger partial charge in [-0.25, -0.2) is 0 Å². The number of aromatic nitrogens is 1. The summed E-state index contributed by atoms with van der Waals surface area (Å²) in [5.41, 5.74) is 1.70. The maximum Gasteiger partial charge on any atom is 0.390 e. The summed E-state index contributed by atoms with van der Waals surface area (Å²) in [7, 11) is 1.67. The Balaban J connectivity index is 2.47. The molecule has 0 bridgehead atoms. The van der Waals surface area contributed by atoms with E-state index in [9.17, 15) is 13.2 Å². The third-order valence-corrected chi connectivity index (χ3v) is 2.63. The van der Waals surface area contributed by atoms with Crippen LogP contribution in [0, 0.1) is 0 Å². The standard InChI is InChI=1S/C13H20F3N3/c1-3-17-9-11-5-4-6-12(18-11)10-19(2)8-7-13(14,15)16/h4-6,17H,3,7-10H2,1-2H3. The number of alkyl halides is 3. The third kappa shape index (κ3) is 7.12. The zero-order valence-electron chi connectivity index (χ0n) is 11.3. The molecule has 1 aromatic heterocycles. The summed E-state index contributed by atoms with van der Waals surface area (Å²) >= 11 is 0. The van der Waals surface area contributed by atoms with E-state index in [1.807, 2.05) is 25.1 Å². The Morgan fingerprint density at radius 2 is 1.95 bits per heavy atom. The first kappa shape index (κ1) is 15.9. The van der Waals surface area contributed by atoms with Gasteiger partial charge in [-0.3, -0.25) is 4.98 Å². The molecular weight excluding hydrogens is 255 g/mol. The second-order valence-electron chi connectivity index (χ2n) is 4.50. The van der Waals surface area contributed by atoms with Crippen molar-refractivity contribution in [2.24, 2.45) is 0 Å². The number of nitrogens with one attached hydrogen (secondary N) is 1. The molecule has 19 heavy (non-hydrogen) atoms. The molecule has 0 aliphatic carbocycles. The Morgan fingerprint density at radius 1 is 1.26 bits per heavy atom. The van der Waals surface area contributed by atoms with E-state index in [1.165, 1.54) is 0 Å². The summed E-state index contributed by atoms with van der Waals surface area (Å²) < 4.78 is 36.3. The molecule has 1 N–H and O–H groups in total. The monoisotopic (exact) mass is 275 g/mol. The van der Waals surface area contributed by atoms with Crippen LogP contribution >= 0.6 is 0 Å². The summed E-state index contributed by atoms with van der Waals surface area (Å²) in [6.45, 7) is 3.96. The minimum absolute atomic E-state index is 0.0113. The van der Waals surface area contributed by atoms with Crippen LogP contribution in [-0.4, -0.2) is 36.2 Å². The molecule has 108 valence electrons. The van der Waals surface area contributed by atoms with Gasteiger partial charge in [0.1, 0.15) is 0 Å². The molecule has 0 aromatic carbocycles. The van der Waals surface area contributed by atoms with E-state index in [0.717, 1.165) is 17.9 Å². The number of hydrogen-bond donors (Lipinski definition) is 1. The predicted octanol–water partition coefficient (Wildman–Crippen LogP) is 2.58. The first-order valence-electron chi connectivity index (χ1n) is 6.31. The summed E-state index contributed by atoms with van der Waals surface area (Å²) in [5.74, 6) is 0. The third-order valence-electron chi connectivity index (χ3n) is 2.63. The molecule has 0 saturated carbocycles. The average Bonchev–Trinajstić information content (AvgIpc) is 2.33. The fraction of sp³-hybridized carbons (Fsp3) is 0.615. The van der Waals surface area contributed by atoms with Crippen LogP contribution in [0.5, 0.6) is 0 Å². The van der Waals surface area contributed by atoms with Crippen LogP contribution in [0.25, 0.3) is 0 Å². The van der Waals surface area contributed by atoms with Crippen LogP contribution in [0.1, 0.15) is 24.7 Å². The van der Waals surface area contributed by atoms with Crippen molar-refractivity contribution in [1.29, 1.82) is 0 Å². The smallest absolute Gasteiger partial charge is 0.311 e. The Morgan fingerprint density at radius 3 is 2.58 bits per heavy atom. The Bertz CT molecular complexity index is 380. The fourth-order valence-corrected chi connectivity index (χ4v) is 1.64. The molecule has 1 aromatic rings. The summed E-state index contributed by atoms with van der Waals surface area (Å²) in [6.07, 6.45) is -4.89. The van der Waals surface area contributed by atoms with E-state index in [4.69, 9.17) is 0 Å². The Hall–Kier alpha value is -1.14. The van der Waals surface area contributed by atoms with E-state index in [-0.39, 0.29) is 6.54 Å². The Labute approximate surface area is 111 Å². The van der Waals surface area contributed by atoms with E-state index < -0.39 is 12.6 Å². The van der Waals surface area contributed by atoms with Gasteiger partial charge in [-0.1, -0.05) is 13.0 Å². The van der Waals surface area contributed by atoms with E-state index in [0.29, 0.717) is 13.1 Å². The molecule has 0 radical (unpaired) electrons. The van der Waals surface area contributed by atoms with E-state index in [2.05, 4.69) is 10.3 Å². The fourth-order valence-electron chi connectivity index (χ4n) is 1.64. The van der Waals surface area contributed by atoms with Gasteiger partial charge in [0, 0.05) is 19.6 Å². The highest BCUT2D eigenvalue weighted by molar-refractivity contribution is 5.11. The van der Waals surface area contributed by atoms with Crippen LogP contribution in [0.3, 0.4) is 0 Å². The first-order chi connectivity index (χ1) is 8.90. The molecular formula is C13H20F3N3. The van der Waals surface area contributed by atoms with E-state index >= 15 is 0 Å². The average molecular weight is 275 g/mol. The van der Waals surface area contributed by atoms with Gasteiger partial charge in [0.2, 0.25) is 0 Å². The molecule has 0 aliphatic heterocycles. The van der Waals surface area contributed by atoms with Gasteiger partial charge in [0.25, 0.3) is 0 Å². The normalized spacial score (nSPS) is 12.1. The minimum Gasteiger partial charge on any atom is -0.311 e. The molecule has 6 heteroatoms. The first-order valence-corrected chi connectivity index (χ1v) is 6.31. The molecule has 1 rings (SSSR count). The SMILES string of the molecule is CCNCc1cccc(CN(C)CCC(F)(F)F)n1. The van der Waals surface area contributed by atoms with Gasteiger partial charge in [0.15, 0.2) is 0 Å². The highest BCUT2D eigenvalue weighted by atomic mass is 19.4. The van der Waals surface area contributed by atoms with Crippen LogP contribution in [0.15, 0.2) is 18.2 Å². The van der Waals surface area contributed by atoms with Gasteiger partial charge in [0.05, 0.1) is 17.8 Å². The largest absolute Gasteiger partial charge is 0.390 e. The summed E-state index contributed by atoms with van der Waals surface area (Å²) in [5, 5.41) is 3.17. The molecule has 0 fully saturated rings. The molecule has 0 spiro atoms. The molecule has 0 amide bonds. The number of pyridine rings is 1. The van der Waals surface area contributed by atoms with Gasteiger partial charge in [-0.2, -0.15) is 13.2 Å². The quantitative estimate of drug-likeness (QED) is 0.829. The van der Waals surface area contributed by atoms with Crippen LogP contribution < -0.4 is 5.32 Å². The summed E-state index contributed by atoms with van der Waals surface area (Å²) in [6, 6.07) is 5.62. The van der Waals surface area contributed by atoms with Crippen LogP contribution in [0.2, 0.25) is 0 Å². The van der Waals surface area contributed by atoms with E-state index in [1.54, 1.807) is 11.9 Å². The molecule has 3 nitrogen and oxygen atoms in total. The van der Waals surface area contributed by atoms with Crippen molar-refractivity contribution in [3.8, 4) is 0 Å². The van der Waals surface area contributed by atoms with Crippen LogP contribution in [0.4, 0.5) is 13.2 Å². The predicted molar refractivity (Wildman–Crippen MR) is 68.6 cm³/mol. The molecule has 0 saturated heterocycles. The highest BCUT2D eigenvalue weighted by Gasteiger charge is 2.27. The lowest BCUT2D eigenvalue weighted by Crippen LogP contribution is -2.24. The topological polar surface area (TPSA) is 28.2 Å². The Kier molecular flexibility index (Phi) is 6.24. The maximum atomic E-state index is 12.1. The van der Waals surface area contributed by atoms with Gasteiger partial charge >= 0.3 is 6.18 Å². The van der Waals surface area contributed by atoms with Crippen LogP contribution in [-0.2, 0) is 13.1 Å². The van der Waals surface area contributed by atoms with Crippen molar-refractivity contribution < 1.29 is 13.2 Å². The minimum atomic E-state index is -4.10. The van der Waals surface area contributed by atoms with Crippen molar-refractivity contribution in [2.75, 3.05) is 20.1 Å². The van der Waals surface area contributed by atoms with Gasteiger partial charge in [-0.05, 0) is 25.7 Å². The molecule has 0 atom stereocenters. The number of nitrogens with zero attached hydrogens (tertiary/aromatic N) is 2. The van der Waals surface area contributed by atoms with Crippen molar-refractivity contribution in [3.63, 3.8) is 0 Å².